The molecule has 1 N–H and O–H groups in total. The number of hydrogen-bond donors (Lipinski definition) is 1. The maximum atomic E-state index is 14.0. The maximum Gasteiger partial charge on any atom is 0.146 e. The van der Waals surface area contributed by atoms with Crippen molar-refractivity contribution in [1.29, 1.82) is 0 Å². The van der Waals surface area contributed by atoms with Crippen LogP contribution in [0.2, 0.25) is 10.0 Å². The fraction of sp³-hybridized carbons (Fsp3) is 0.286. The summed E-state index contributed by atoms with van der Waals surface area (Å²) in [4.78, 5) is 8.00. The monoisotopic (exact) mass is 313 g/mol. The van der Waals surface area contributed by atoms with Gasteiger partial charge in [-0.2, -0.15) is 0 Å². The van der Waals surface area contributed by atoms with Gasteiger partial charge in [-0.05, 0) is 25.1 Å². The highest BCUT2D eigenvalue weighted by Crippen LogP contribution is 2.29. The Balaban J connectivity index is 2.44. The first-order valence-corrected chi connectivity index (χ1v) is 7.02. The molecular weight excluding hydrogens is 300 g/mol. The zero-order chi connectivity index (χ0) is 14.5. The first-order chi connectivity index (χ1) is 9.63. The minimum Gasteiger partial charge on any atom is -0.305 e. The molecule has 0 radical (unpaired) electrons. The minimum atomic E-state index is -0.428. The second-order valence-electron chi connectivity index (χ2n) is 4.30. The van der Waals surface area contributed by atoms with Crippen LogP contribution in [0.3, 0.4) is 0 Å². The van der Waals surface area contributed by atoms with Crippen LogP contribution in [0.4, 0.5) is 4.39 Å². The van der Waals surface area contributed by atoms with Gasteiger partial charge in [0.25, 0.3) is 0 Å². The van der Waals surface area contributed by atoms with Crippen LogP contribution in [0.5, 0.6) is 0 Å². The Morgan fingerprint density at radius 3 is 2.80 bits per heavy atom. The Labute approximate surface area is 127 Å². The lowest BCUT2D eigenvalue weighted by molar-refractivity contribution is 0.536. The average molecular weight is 314 g/mol. The number of nitrogens with one attached hydrogen (secondary N) is 1. The lowest BCUT2D eigenvalue weighted by Crippen LogP contribution is -2.25. The van der Waals surface area contributed by atoms with Crippen molar-refractivity contribution in [2.75, 3.05) is 6.54 Å². The van der Waals surface area contributed by atoms with Crippen LogP contribution in [-0.4, -0.2) is 16.5 Å². The van der Waals surface area contributed by atoms with Crippen molar-refractivity contribution in [3.05, 3.63) is 57.8 Å². The Morgan fingerprint density at radius 2 is 2.15 bits per heavy atom. The maximum absolute atomic E-state index is 14.0. The molecule has 0 saturated carbocycles. The van der Waals surface area contributed by atoms with E-state index in [1.165, 1.54) is 12.4 Å². The molecule has 0 amide bonds. The van der Waals surface area contributed by atoms with Gasteiger partial charge in [-0.1, -0.05) is 30.1 Å². The average Bonchev–Trinajstić information content (AvgIpc) is 2.42. The minimum absolute atomic E-state index is 0.395. The fourth-order valence-corrected chi connectivity index (χ4v) is 2.39. The van der Waals surface area contributed by atoms with Crippen molar-refractivity contribution in [2.24, 2.45) is 0 Å². The number of hydrogen-bond acceptors (Lipinski definition) is 3. The molecule has 2 aromatic heterocycles. The van der Waals surface area contributed by atoms with Crippen molar-refractivity contribution < 1.29 is 4.39 Å². The smallest absolute Gasteiger partial charge is 0.146 e. The third kappa shape index (κ3) is 3.45. The molecule has 2 aromatic rings. The van der Waals surface area contributed by atoms with Gasteiger partial charge in [0.05, 0.1) is 28.0 Å². The molecule has 0 bridgehead atoms. The van der Waals surface area contributed by atoms with E-state index in [1.807, 2.05) is 6.92 Å². The van der Waals surface area contributed by atoms with E-state index >= 15 is 0 Å². The molecule has 0 saturated heterocycles. The van der Waals surface area contributed by atoms with E-state index in [-0.39, 0.29) is 0 Å². The summed E-state index contributed by atoms with van der Waals surface area (Å²) in [7, 11) is 0. The number of nitrogens with zero attached hydrogens (tertiary/aromatic N) is 2. The summed E-state index contributed by atoms with van der Waals surface area (Å²) in [5, 5.41) is 4.10. The van der Waals surface area contributed by atoms with Gasteiger partial charge in [-0.25, -0.2) is 4.39 Å². The molecule has 1 atom stereocenters. The molecular formula is C14H14Cl2FN3. The predicted octanol–water partition coefficient (Wildman–Crippen LogP) is 4.01. The first-order valence-electron chi connectivity index (χ1n) is 6.27. The molecule has 0 spiro atoms. The third-order valence-electron chi connectivity index (χ3n) is 2.82. The summed E-state index contributed by atoms with van der Waals surface area (Å²) >= 11 is 12.0. The first kappa shape index (κ1) is 15.2. The Morgan fingerprint density at radius 1 is 1.35 bits per heavy atom. The van der Waals surface area contributed by atoms with Crippen molar-refractivity contribution >= 4 is 23.2 Å². The summed E-state index contributed by atoms with van der Waals surface area (Å²) in [6, 6.07) is 2.79. The van der Waals surface area contributed by atoms with Gasteiger partial charge in [0.2, 0.25) is 0 Å². The number of pyridine rings is 2. The Bertz CT molecular complexity index is 592. The Kier molecular flexibility index (Phi) is 5.29. The molecule has 0 aliphatic rings. The summed E-state index contributed by atoms with van der Waals surface area (Å²) in [5.74, 6) is -0.395. The molecule has 2 rings (SSSR count). The van der Waals surface area contributed by atoms with Crippen LogP contribution < -0.4 is 5.32 Å². The van der Waals surface area contributed by atoms with E-state index in [9.17, 15) is 4.39 Å². The molecule has 20 heavy (non-hydrogen) atoms. The van der Waals surface area contributed by atoms with Gasteiger partial charge in [-0.3, -0.25) is 9.97 Å². The molecule has 1 unspecified atom stereocenters. The predicted molar refractivity (Wildman–Crippen MR) is 78.6 cm³/mol. The SMILES string of the molecule is CCCNC(c1ccncc1F)c1ncc(Cl)cc1Cl. The van der Waals surface area contributed by atoms with Gasteiger partial charge >= 0.3 is 0 Å². The van der Waals surface area contributed by atoms with E-state index in [1.54, 1.807) is 18.3 Å². The largest absolute Gasteiger partial charge is 0.305 e. The van der Waals surface area contributed by atoms with Crippen LogP contribution in [0.15, 0.2) is 30.7 Å². The van der Waals surface area contributed by atoms with Crippen molar-refractivity contribution in [3.63, 3.8) is 0 Å². The molecule has 2 heterocycles. The van der Waals surface area contributed by atoms with Crippen LogP contribution in [-0.2, 0) is 0 Å². The number of rotatable bonds is 5. The van der Waals surface area contributed by atoms with E-state index in [4.69, 9.17) is 23.2 Å². The van der Waals surface area contributed by atoms with E-state index in [2.05, 4.69) is 15.3 Å². The zero-order valence-corrected chi connectivity index (χ0v) is 12.4. The lowest BCUT2D eigenvalue weighted by atomic mass is 10.0. The van der Waals surface area contributed by atoms with Crippen LogP contribution in [0.1, 0.15) is 30.6 Å². The third-order valence-corrected chi connectivity index (χ3v) is 3.33. The standard InChI is InChI=1S/C14H14Cl2FN3/c1-2-4-19-13(10-3-5-18-8-12(10)17)14-11(16)6-9(15)7-20-14/h3,5-8,13,19H,2,4H2,1H3. The number of aromatic nitrogens is 2. The van der Waals surface area contributed by atoms with Crippen LogP contribution in [0.25, 0.3) is 0 Å². The quantitative estimate of drug-likeness (QED) is 0.906. The highest BCUT2D eigenvalue weighted by Gasteiger charge is 2.21. The lowest BCUT2D eigenvalue weighted by Gasteiger charge is -2.20. The summed E-state index contributed by atoms with van der Waals surface area (Å²) in [6.45, 7) is 2.75. The molecule has 3 nitrogen and oxygen atoms in total. The van der Waals surface area contributed by atoms with E-state index < -0.39 is 11.9 Å². The molecule has 0 aliphatic heterocycles. The summed E-state index contributed by atoms with van der Waals surface area (Å²) in [6.07, 6.45) is 5.14. The van der Waals surface area contributed by atoms with Crippen molar-refractivity contribution in [3.8, 4) is 0 Å². The van der Waals surface area contributed by atoms with Crippen LogP contribution >= 0.6 is 23.2 Å². The highest BCUT2D eigenvalue weighted by atomic mass is 35.5. The van der Waals surface area contributed by atoms with Gasteiger partial charge in [-0.15, -0.1) is 0 Å². The van der Waals surface area contributed by atoms with Gasteiger partial charge in [0.15, 0.2) is 0 Å². The molecule has 0 aromatic carbocycles. The van der Waals surface area contributed by atoms with Gasteiger partial charge < -0.3 is 5.32 Å². The van der Waals surface area contributed by atoms with Crippen LogP contribution in [0, 0.1) is 5.82 Å². The zero-order valence-electron chi connectivity index (χ0n) is 10.9. The fourth-order valence-electron chi connectivity index (χ4n) is 1.90. The Hall–Kier alpha value is -1.23. The molecule has 0 aliphatic carbocycles. The summed E-state index contributed by atoms with van der Waals surface area (Å²) < 4.78 is 14.0. The van der Waals surface area contributed by atoms with E-state index in [0.717, 1.165) is 6.42 Å². The summed E-state index contributed by atoms with van der Waals surface area (Å²) in [5.41, 5.74) is 1.01. The highest BCUT2D eigenvalue weighted by molar-refractivity contribution is 6.34. The molecule has 6 heteroatoms. The van der Waals surface area contributed by atoms with E-state index in [0.29, 0.717) is 27.8 Å². The second kappa shape index (κ2) is 6.97. The van der Waals surface area contributed by atoms with Gasteiger partial charge in [0.1, 0.15) is 5.82 Å². The van der Waals surface area contributed by atoms with Crippen molar-refractivity contribution in [1.82, 2.24) is 15.3 Å². The molecule has 106 valence electrons. The number of halogens is 3. The second-order valence-corrected chi connectivity index (χ2v) is 5.15. The normalized spacial score (nSPS) is 12.4. The molecule has 0 fully saturated rings. The topological polar surface area (TPSA) is 37.8 Å². The van der Waals surface area contributed by atoms with Gasteiger partial charge in [0, 0.05) is 18.0 Å². The van der Waals surface area contributed by atoms with Crippen molar-refractivity contribution in [2.45, 2.75) is 19.4 Å².